The maximum absolute atomic E-state index is 12.5. The Morgan fingerprint density at radius 2 is 2.08 bits per heavy atom. The highest BCUT2D eigenvalue weighted by Gasteiger charge is 2.34. The molecule has 4 nitrogen and oxygen atoms in total. The first-order valence-corrected chi connectivity index (χ1v) is 8.53. The van der Waals surface area contributed by atoms with E-state index in [0.717, 1.165) is 10.6 Å². The third-order valence-corrected chi connectivity index (χ3v) is 4.91. The van der Waals surface area contributed by atoms with Crippen LogP contribution >= 0.6 is 11.8 Å². The smallest absolute Gasteiger partial charge is 0.401 e. The van der Waals surface area contributed by atoms with Gasteiger partial charge in [0.15, 0.2) is 0 Å². The fourth-order valence-electron chi connectivity index (χ4n) is 2.57. The summed E-state index contributed by atoms with van der Waals surface area (Å²) in [5, 5.41) is 4.26. The average molecular weight is 357 g/mol. The fraction of sp³-hybridized carbons (Fsp3) is 0.438. The molecule has 0 saturated carbocycles. The molecule has 0 aliphatic carbocycles. The molecule has 24 heavy (non-hydrogen) atoms. The van der Waals surface area contributed by atoms with Crippen molar-refractivity contribution < 1.29 is 17.9 Å². The summed E-state index contributed by atoms with van der Waals surface area (Å²) >= 11 is 1.61. The molecule has 0 saturated heterocycles. The Hall–Kier alpha value is -1.67. The first-order chi connectivity index (χ1) is 11.4. The Balaban J connectivity index is 1.62. The van der Waals surface area contributed by atoms with E-state index in [4.69, 9.17) is 4.74 Å². The predicted molar refractivity (Wildman–Crippen MR) is 86.2 cm³/mol. The van der Waals surface area contributed by atoms with Crippen molar-refractivity contribution in [2.75, 3.05) is 20.2 Å². The summed E-state index contributed by atoms with van der Waals surface area (Å²) in [4.78, 5) is 2.18. The third-order valence-electron chi connectivity index (χ3n) is 3.84. The van der Waals surface area contributed by atoms with Gasteiger partial charge in [-0.3, -0.25) is 4.90 Å². The molecule has 130 valence electrons. The molecule has 0 bridgehead atoms. The van der Waals surface area contributed by atoms with E-state index in [0.29, 0.717) is 12.4 Å². The van der Waals surface area contributed by atoms with Crippen molar-refractivity contribution in [3.63, 3.8) is 0 Å². The summed E-state index contributed by atoms with van der Waals surface area (Å²) < 4.78 is 44.9. The highest BCUT2D eigenvalue weighted by atomic mass is 32.2. The average Bonchev–Trinajstić information content (AvgIpc) is 2.94. The maximum atomic E-state index is 12.5. The van der Waals surface area contributed by atoms with Gasteiger partial charge >= 0.3 is 6.18 Å². The molecule has 1 aliphatic heterocycles. The van der Waals surface area contributed by atoms with E-state index in [1.165, 1.54) is 17.5 Å². The predicted octanol–water partition coefficient (Wildman–Crippen LogP) is 3.43. The highest BCUT2D eigenvalue weighted by Crippen LogP contribution is 2.34. The zero-order valence-electron chi connectivity index (χ0n) is 13.2. The SMILES string of the molecule is CN(CC(F)(F)F)C1COc2c(SCc3ccccc3)cnn2C1. The number of benzene rings is 1. The number of fused-ring (bicyclic) bond motifs is 1. The Labute approximate surface area is 142 Å². The van der Waals surface area contributed by atoms with E-state index in [1.807, 2.05) is 30.3 Å². The van der Waals surface area contributed by atoms with E-state index >= 15 is 0 Å². The molecule has 3 rings (SSSR count). The second-order valence-electron chi connectivity index (χ2n) is 5.77. The van der Waals surface area contributed by atoms with Gasteiger partial charge in [-0.2, -0.15) is 18.3 Å². The number of halogens is 3. The topological polar surface area (TPSA) is 30.3 Å². The molecule has 1 aromatic heterocycles. The third kappa shape index (κ3) is 4.24. The van der Waals surface area contributed by atoms with Crippen LogP contribution in [0.1, 0.15) is 5.56 Å². The van der Waals surface area contributed by atoms with Crippen LogP contribution in [0.25, 0.3) is 0 Å². The number of hydrogen-bond donors (Lipinski definition) is 0. The summed E-state index contributed by atoms with van der Waals surface area (Å²) in [5.74, 6) is 1.44. The zero-order chi connectivity index (χ0) is 17.2. The molecule has 0 N–H and O–H groups in total. The van der Waals surface area contributed by atoms with Crippen LogP contribution in [-0.2, 0) is 12.3 Å². The molecule has 8 heteroatoms. The van der Waals surface area contributed by atoms with Crippen LogP contribution in [-0.4, -0.2) is 47.1 Å². The number of rotatable bonds is 5. The summed E-state index contributed by atoms with van der Waals surface area (Å²) in [6, 6.07) is 9.70. The van der Waals surface area contributed by atoms with Gasteiger partial charge in [0.1, 0.15) is 6.61 Å². The maximum Gasteiger partial charge on any atom is 0.401 e. The van der Waals surface area contributed by atoms with Crippen molar-refractivity contribution in [3.05, 3.63) is 42.1 Å². The summed E-state index contributed by atoms with van der Waals surface area (Å²) in [6.07, 6.45) is -2.50. The molecule has 2 aromatic rings. The van der Waals surface area contributed by atoms with Crippen LogP contribution in [0.4, 0.5) is 13.2 Å². The van der Waals surface area contributed by atoms with Gasteiger partial charge in [0.25, 0.3) is 0 Å². The van der Waals surface area contributed by atoms with Gasteiger partial charge in [0.2, 0.25) is 5.88 Å². The molecule has 0 radical (unpaired) electrons. The molecule has 0 spiro atoms. The monoisotopic (exact) mass is 357 g/mol. The Morgan fingerprint density at radius 3 is 2.79 bits per heavy atom. The number of hydrogen-bond acceptors (Lipinski definition) is 4. The second kappa shape index (κ2) is 7.06. The van der Waals surface area contributed by atoms with Crippen molar-refractivity contribution >= 4 is 11.8 Å². The van der Waals surface area contributed by atoms with Gasteiger partial charge in [-0.1, -0.05) is 30.3 Å². The summed E-state index contributed by atoms with van der Waals surface area (Å²) in [7, 11) is 1.46. The number of likely N-dealkylation sites (N-methyl/N-ethyl adjacent to an activating group) is 1. The lowest BCUT2D eigenvalue weighted by Gasteiger charge is -2.32. The molecule has 1 unspecified atom stereocenters. The normalized spacial score (nSPS) is 17.6. The largest absolute Gasteiger partial charge is 0.475 e. The Kier molecular flexibility index (Phi) is 5.05. The molecule has 0 fully saturated rings. The van der Waals surface area contributed by atoms with Crippen LogP contribution in [0.2, 0.25) is 0 Å². The first kappa shape index (κ1) is 17.2. The summed E-state index contributed by atoms with van der Waals surface area (Å²) in [6.45, 7) is -0.321. The lowest BCUT2D eigenvalue weighted by atomic mass is 10.2. The molecule has 0 amide bonds. The van der Waals surface area contributed by atoms with Crippen LogP contribution < -0.4 is 4.74 Å². The van der Waals surface area contributed by atoms with Crippen LogP contribution in [0, 0.1) is 0 Å². The van der Waals surface area contributed by atoms with Gasteiger partial charge in [-0.15, -0.1) is 11.8 Å². The lowest BCUT2D eigenvalue weighted by Crippen LogP contribution is -2.46. The van der Waals surface area contributed by atoms with E-state index in [1.54, 1.807) is 22.6 Å². The Bertz CT molecular complexity index is 675. The van der Waals surface area contributed by atoms with Gasteiger partial charge in [0.05, 0.1) is 30.2 Å². The van der Waals surface area contributed by atoms with Crippen LogP contribution in [0.15, 0.2) is 41.4 Å². The number of nitrogens with zero attached hydrogens (tertiary/aromatic N) is 3. The molecular formula is C16H18F3N3OS. The first-order valence-electron chi connectivity index (χ1n) is 7.55. The number of ether oxygens (including phenoxy) is 1. The zero-order valence-corrected chi connectivity index (χ0v) is 14.0. The van der Waals surface area contributed by atoms with Crippen LogP contribution in [0.3, 0.4) is 0 Å². The van der Waals surface area contributed by atoms with E-state index < -0.39 is 12.7 Å². The van der Waals surface area contributed by atoms with Crippen molar-refractivity contribution in [1.29, 1.82) is 0 Å². The number of thioether (sulfide) groups is 1. The molecular weight excluding hydrogens is 339 g/mol. The van der Waals surface area contributed by atoms with Crippen molar-refractivity contribution in [3.8, 4) is 5.88 Å². The molecule has 1 aliphatic rings. The second-order valence-corrected chi connectivity index (χ2v) is 6.78. The van der Waals surface area contributed by atoms with E-state index in [2.05, 4.69) is 5.10 Å². The minimum atomic E-state index is -4.21. The molecule has 2 heterocycles. The van der Waals surface area contributed by atoms with Gasteiger partial charge in [0, 0.05) is 5.75 Å². The van der Waals surface area contributed by atoms with Crippen LogP contribution in [0.5, 0.6) is 5.88 Å². The minimum absolute atomic E-state index is 0.233. The highest BCUT2D eigenvalue weighted by molar-refractivity contribution is 7.98. The van der Waals surface area contributed by atoms with Gasteiger partial charge in [-0.25, -0.2) is 4.68 Å². The Morgan fingerprint density at radius 1 is 1.33 bits per heavy atom. The van der Waals surface area contributed by atoms with Crippen molar-refractivity contribution in [2.24, 2.45) is 0 Å². The van der Waals surface area contributed by atoms with E-state index in [9.17, 15) is 13.2 Å². The lowest BCUT2D eigenvalue weighted by molar-refractivity contribution is -0.150. The number of alkyl halides is 3. The number of aromatic nitrogens is 2. The standard InChI is InChI=1S/C16H18F3N3OS/c1-21(11-16(17,18)19)13-8-22-15(23-9-13)14(7-20-22)24-10-12-5-3-2-4-6-12/h2-7,13H,8-11H2,1H3. The molecule has 1 aromatic carbocycles. The minimum Gasteiger partial charge on any atom is -0.475 e. The van der Waals surface area contributed by atoms with E-state index in [-0.39, 0.29) is 12.6 Å². The van der Waals surface area contributed by atoms with Gasteiger partial charge in [-0.05, 0) is 12.6 Å². The van der Waals surface area contributed by atoms with Gasteiger partial charge < -0.3 is 4.74 Å². The summed E-state index contributed by atoms with van der Waals surface area (Å²) in [5.41, 5.74) is 1.20. The van der Waals surface area contributed by atoms with Crippen molar-refractivity contribution in [1.82, 2.24) is 14.7 Å². The fourth-order valence-corrected chi connectivity index (χ4v) is 3.50. The molecule has 1 atom stereocenters. The quantitative estimate of drug-likeness (QED) is 0.767. The van der Waals surface area contributed by atoms with Crippen molar-refractivity contribution in [2.45, 2.75) is 29.4 Å².